The summed E-state index contributed by atoms with van der Waals surface area (Å²) in [7, 11) is 0. The fraction of sp³-hybridized carbons (Fsp3) is 0.188. The first kappa shape index (κ1) is 14.1. The van der Waals surface area contributed by atoms with E-state index in [0.29, 0.717) is 17.9 Å². The van der Waals surface area contributed by atoms with Crippen molar-refractivity contribution in [3.05, 3.63) is 65.3 Å². The molecule has 2 heterocycles. The molecule has 0 radical (unpaired) electrons. The van der Waals surface area contributed by atoms with Gasteiger partial charge in [-0.15, -0.1) is 0 Å². The smallest absolute Gasteiger partial charge is 0.251 e. The van der Waals surface area contributed by atoms with Gasteiger partial charge in [0, 0.05) is 17.3 Å². The zero-order chi connectivity index (χ0) is 15.5. The number of aryl methyl sites for hydroxylation is 2. The van der Waals surface area contributed by atoms with Crippen molar-refractivity contribution in [3.63, 3.8) is 0 Å². The van der Waals surface area contributed by atoms with Crippen LogP contribution in [0.5, 0.6) is 0 Å². The van der Waals surface area contributed by atoms with Crippen LogP contribution in [0.15, 0.2) is 47.1 Å². The van der Waals surface area contributed by atoms with Gasteiger partial charge in [0.05, 0.1) is 24.1 Å². The summed E-state index contributed by atoms with van der Waals surface area (Å²) in [4.78, 5) is 12.1. The largest absolute Gasteiger partial charge is 0.360 e. The molecular formula is C16H16N4O2. The number of rotatable bonds is 4. The Kier molecular flexibility index (Phi) is 3.74. The Hall–Kier alpha value is -2.89. The van der Waals surface area contributed by atoms with Crippen LogP contribution in [-0.4, -0.2) is 20.8 Å². The van der Waals surface area contributed by atoms with E-state index < -0.39 is 0 Å². The van der Waals surface area contributed by atoms with Gasteiger partial charge in [-0.05, 0) is 44.2 Å². The molecule has 0 unspecified atom stereocenters. The monoisotopic (exact) mass is 296 g/mol. The lowest BCUT2D eigenvalue weighted by Gasteiger charge is -2.06. The standard InChI is InChI=1S/C16H16N4O2/c1-11-9-12(2)20(19-11)14-5-3-13(4-6-14)16(21)17-10-15-7-8-18-22-15/h3-9H,10H2,1-2H3,(H,17,21). The summed E-state index contributed by atoms with van der Waals surface area (Å²) in [6.45, 7) is 4.27. The van der Waals surface area contributed by atoms with Crippen molar-refractivity contribution in [2.75, 3.05) is 0 Å². The van der Waals surface area contributed by atoms with Crippen molar-refractivity contribution in [3.8, 4) is 5.69 Å². The van der Waals surface area contributed by atoms with Crippen LogP contribution in [0.4, 0.5) is 0 Å². The Morgan fingerprint density at radius 1 is 1.23 bits per heavy atom. The van der Waals surface area contributed by atoms with E-state index in [4.69, 9.17) is 4.52 Å². The third-order valence-corrected chi connectivity index (χ3v) is 3.30. The minimum Gasteiger partial charge on any atom is -0.360 e. The van der Waals surface area contributed by atoms with Crippen LogP contribution in [0.2, 0.25) is 0 Å². The molecule has 0 fully saturated rings. The quantitative estimate of drug-likeness (QED) is 0.802. The third-order valence-electron chi connectivity index (χ3n) is 3.30. The van der Waals surface area contributed by atoms with Crippen LogP contribution in [0.3, 0.4) is 0 Å². The van der Waals surface area contributed by atoms with Crippen LogP contribution in [0.1, 0.15) is 27.5 Å². The Balaban J connectivity index is 1.71. The van der Waals surface area contributed by atoms with E-state index in [-0.39, 0.29) is 5.91 Å². The number of benzene rings is 1. The van der Waals surface area contributed by atoms with E-state index in [2.05, 4.69) is 15.6 Å². The molecule has 0 aliphatic heterocycles. The first-order valence-corrected chi connectivity index (χ1v) is 6.95. The van der Waals surface area contributed by atoms with E-state index in [1.54, 1.807) is 24.4 Å². The number of nitrogens with zero attached hydrogens (tertiary/aromatic N) is 3. The highest BCUT2D eigenvalue weighted by Crippen LogP contribution is 2.13. The number of hydrogen-bond acceptors (Lipinski definition) is 4. The zero-order valence-electron chi connectivity index (χ0n) is 12.4. The van der Waals surface area contributed by atoms with Crippen molar-refractivity contribution < 1.29 is 9.32 Å². The van der Waals surface area contributed by atoms with Gasteiger partial charge in [0.15, 0.2) is 5.76 Å². The van der Waals surface area contributed by atoms with E-state index in [9.17, 15) is 4.79 Å². The van der Waals surface area contributed by atoms with Gasteiger partial charge in [-0.25, -0.2) is 4.68 Å². The molecule has 0 aliphatic rings. The van der Waals surface area contributed by atoms with Crippen molar-refractivity contribution in [1.29, 1.82) is 0 Å². The van der Waals surface area contributed by atoms with Gasteiger partial charge in [-0.2, -0.15) is 5.10 Å². The van der Waals surface area contributed by atoms with Crippen molar-refractivity contribution in [1.82, 2.24) is 20.3 Å². The predicted octanol–water partition coefficient (Wildman–Crippen LogP) is 2.41. The minimum absolute atomic E-state index is 0.156. The normalized spacial score (nSPS) is 10.6. The molecule has 3 aromatic rings. The number of carbonyl (C=O) groups excluding carboxylic acids is 1. The molecule has 112 valence electrons. The maximum Gasteiger partial charge on any atom is 0.251 e. The highest BCUT2D eigenvalue weighted by molar-refractivity contribution is 5.94. The molecule has 0 bridgehead atoms. The lowest BCUT2D eigenvalue weighted by atomic mass is 10.2. The van der Waals surface area contributed by atoms with Gasteiger partial charge in [0.1, 0.15) is 0 Å². The number of aromatic nitrogens is 3. The Morgan fingerprint density at radius 3 is 2.59 bits per heavy atom. The molecule has 0 spiro atoms. The first-order valence-electron chi connectivity index (χ1n) is 6.95. The molecule has 1 aromatic carbocycles. The topological polar surface area (TPSA) is 73.0 Å². The molecular weight excluding hydrogens is 280 g/mol. The molecule has 0 aliphatic carbocycles. The summed E-state index contributed by atoms with van der Waals surface area (Å²) < 4.78 is 6.79. The summed E-state index contributed by atoms with van der Waals surface area (Å²) >= 11 is 0. The molecule has 3 rings (SSSR count). The maximum absolute atomic E-state index is 12.1. The Bertz CT molecular complexity index is 773. The number of hydrogen-bond donors (Lipinski definition) is 1. The summed E-state index contributed by atoms with van der Waals surface area (Å²) in [5.74, 6) is 0.462. The molecule has 22 heavy (non-hydrogen) atoms. The summed E-state index contributed by atoms with van der Waals surface area (Å²) in [6, 6.07) is 11.0. The SMILES string of the molecule is Cc1cc(C)n(-c2ccc(C(=O)NCc3ccno3)cc2)n1. The van der Waals surface area contributed by atoms with Crippen LogP contribution in [-0.2, 0) is 6.54 Å². The number of amides is 1. The van der Waals surface area contributed by atoms with Crippen molar-refractivity contribution >= 4 is 5.91 Å². The highest BCUT2D eigenvalue weighted by Gasteiger charge is 2.08. The molecule has 2 aromatic heterocycles. The molecule has 1 N–H and O–H groups in total. The lowest BCUT2D eigenvalue weighted by Crippen LogP contribution is -2.22. The van der Waals surface area contributed by atoms with Gasteiger partial charge in [-0.3, -0.25) is 4.79 Å². The molecule has 6 heteroatoms. The third kappa shape index (κ3) is 2.90. The molecule has 6 nitrogen and oxygen atoms in total. The van der Waals surface area contributed by atoms with E-state index >= 15 is 0 Å². The van der Waals surface area contributed by atoms with E-state index in [1.807, 2.05) is 36.7 Å². The number of carbonyl (C=O) groups is 1. The van der Waals surface area contributed by atoms with Gasteiger partial charge in [0.2, 0.25) is 0 Å². The average Bonchev–Trinajstić information content (AvgIpc) is 3.14. The fourth-order valence-electron chi connectivity index (χ4n) is 2.25. The van der Waals surface area contributed by atoms with Crippen LogP contribution in [0, 0.1) is 13.8 Å². The van der Waals surface area contributed by atoms with Crippen LogP contribution in [0.25, 0.3) is 5.69 Å². The second-order valence-electron chi connectivity index (χ2n) is 5.05. The van der Waals surface area contributed by atoms with Gasteiger partial charge < -0.3 is 9.84 Å². The number of nitrogens with one attached hydrogen (secondary N) is 1. The average molecular weight is 296 g/mol. The summed E-state index contributed by atoms with van der Waals surface area (Å²) in [5.41, 5.74) is 3.54. The highest BCUT2D eigenvalue weighted by atomic mass is 16.5. The van der Waals surface area contributed by atoms with Crippen molar-refractivity contribution in [2.24, 2.45) is 0 Å². The minimum atomic E-state index is -0.156. The molecule has 0 atom stereocenters. The second-order valence-corrected chi connectivity index (χ2v) is 5.05. The Labute approximate surface area is 127 Å². The van der Waals surface area contributed by atoms with Crippen LogP contribution >= 0.6 is 0 Å². The summed E-state index contributed by atoms with van der Waals surface area (Å²) in [6.07, 6.45) is 1.55. The summed E-state index contributed by atoms with van der Waals surface area (Å²) in [5, 5.41) is 10.8. The molecule has 0 saturated heterocycles. The lowest BCUT2D eigenvalue weighted by molar-refractivity contribution is 0.0947. The zero-order valence-corrected chi connectivity index (χ0v) is 12.4. The maximum atomic E-state index is 12.1. The predicted molar refractivity (Wildman–Crippen MR) is 80.7 cm³/mol. The van der Waals surface area contributed by atoms with Crippen molar-refractivity contribution in [2.45, 2.75) is 20.4 Å². The van der Waals surface area contributed by atoms with Gasteiger partial charge in [0.25, 0.3) is 5.91 Å². The van der Waals surface area contributed by atoms with Gasteiger partial charge in [-0.1, -0.05) is 5.16 Å². The Morgan fingerprint density at radius 2 is 2.00 bits per heavy atom. The molecule has 0 saturated carbocycles. The van der Waals surface area contributed by atoms with E-state index in [0.717, 1.165) is 17.1 Å². The van der Waals surface area contributed by atoms with E-state index in [1.165, 1.54) is 0 Å². The molecule has 1 amide bonds. The fourth-order valence-corrected chi connectivity index (χ4v) is 2.25. The van der Waals surface area contributed by atoms with Crippen LogP contribution < -0.4 is 5.32 Å². The van der Waals surface area contributed by atoms with Gasteiger partial charge >= 0.3 is 0 Å². The first-order chi connectivity index (χ1) is 10.6. The second kappa shape index (κ2) is 5.85.